The van der Waals surface area contributed by atoms with Gasteiger partial charge in [-0.2, -0.15) is 26.3 Å². The third kappa shape index (κ3) is 5.38. The first-order valence-electron chi connectivity index (χ1n) is 12.3. The number of likely N-dealkylation sites (tertiary alicyclic amines) is 1. The van der Waals surface area contributed by atoms with Crippen LogP contribution in [0.4, 0.5) is 26.3 Å². The lowest BCUT2D eigenvalue weighted by molar-refractivity contribution is -0.185. The van der Waals surface area contributed by atoms with E-state index < -0.39 is 42.0 Å². The summed E-state index contributed by atoms with van der Waals surface area (Å²) in [5.41, 5.74) is -0.280. The fourth-order valence-electron chi connectivity index (χ4n) is 5.98. The molecule has 37 heavy (non-hydrogen) atoms. The number of fused-ring (bicyclic) bond motifs is 1. The smallest absolute Gasteiger partial charge is 0.420 e. The van der Waals surface area contributed by atoms with Crippen molar-refractivity contribution in [1.29, 1.82) is 0 Å². The maximum Gasteiger partial charge on any atom is 0.420 e. The molecule has 2 aromatic carbocycles. The molecule has 5 rings (SSSR count). The van der Waals surface area contributed by atoms with Gasteiger partial charge < -0.3 is 14.6 Å². The fraction of sp³-hybridized carbons (Fsp3) is 0.577. The van der Waals surface area contributed by atoms with Crippen LogP contribution in [0, 0.1) is 11.3 Å². The molecule has 3 aliphatic rings. The van der Waals surface area contributed by atoms with Crippen molar-refractivity contribution in [3.8, 4) is 5.75 Å². The summed E-state index contributed by atoms with van der Waals surface area (Å²) in [7, 11) is 0. The Morgan fingerprint density at radius 2 is 1.76 bits per heavy atom. The van der Waals surface area contributed by atoms with E-state index in [2.05, 4.69) is 4.90 Å². The molecule has 0 aromatic heterocycles. The van der Waals surface area contributed by atoms with Crippen molar-refractivity contribution >= 4 is 16.7 Å². The standard InChI is InChI=1S/C26H27F6NO4/c27-25(28,29)17-3-5-18(6-4-17)37-20-8-2-16-9-15(1-7-19(16)22(20)26(30,31)32)11-33-12-24(13-33)10-21(23(34)35)36-14-24/h1-2,7-9,17-18,21H,3-6,10-14H2,(H,34,35)/t17-,18+,21?. The van der Waals surface area contributed by atoms with Gasteiger partial charge in [-0.15, -0.1) is 0 Å². The van der Waals surface area contributed by atoms with E-state index in [0.29, 0.717) is 38.0 Å². The number of alkyl halides is 6. The van der Waals surface area contributed by atoms with Gasteiger partial charge in [0, 0.05) is 25.0 Å². The molecule has 3 fully saturated rings. The minimum atomic E-state index is -4.70. The van der Waals surface area contributed by atoms with Gasteiger partial charge in [-0.3, -0.25) is 4.90 Å². The summed E-state index contributed by atoms with van der Waals surface area (Å²) in [6.07, 6.45) is -10.3. The molecule has 1 N–H and O–H groups in total. The first-order valence-corrected chi connectivity index (χ1v) is 12.3. The number of carboxylic acid groups (broad SMARTS) is 1. The van der Waals surface area contributed by atoms with Gasteiger partial charge in [-0.25, -0.2) is 4.79 Å². The highest BCUT2D eigenvalue weighted by atomic mass is 19.4. The Morgan fingerprint density at radius 3 is 2.35 bits per heavy atom. The zero-order chi connectivity index (χ0) is 26.6. The van der Waals surface area contributed by atoms with Crippen LogP contribution in [0.25, 0.3) is 10.8 Å². The molecule has 5 nitrogen and oxygen atoms in total. The summed E-state index contributed by atoms with van der Waals surface area (Å²) in [6, 6.07) is 7.54. The molecule has 0 radical (unpaired) electrons. The van der Waals surface area contributed by atoms with Crippen LogP contribution in [-0.4, -0.2) is 54.1 Å². The second-order valence-corrected chi connectivity index (χ2v) is 10.6. The van der Waals surface area contributed by atoms with E-state index in [0.717, 1.165) is 5.56 Å². The lowest BCUT2D eigenvalue weighted by Crippen LogP contribution is -2.56. The number of aliphatic carboxylic acids is 1. The summed E-state index contributed by atoms with van der Waals surface area (Å²) in [5.74, 6) is -2.77. The Bertz CT molecular complexity index is 1170. The van der Waals surface area contributed by atoms with Gasteiger partial charge in [0.15, 0.2) is 6.10 Å². The van der Waals surface area contributed by atoms with Crippen LogP contribution in [0.2, 0.25) is 0 Å². The zero-order valence-corrected chi connectivity index (χ0v) is 19.9. The first kappa shape index (κ1) is 26.1. The molecule has 1 saturated carbocycles. The Labute approximate surface area is 209 Å². The van der Waals surface area contributed by atoms with Gasteiger partial charge in [-0.05, 0) is 60.6 Å². The number of halogens is 6. The van der Waals surface area contributed by atoms with Gasteiger partial charge in [0.2, 0.25) is 0 Å². The van der Waals surface area contributed by atoms with Crippen molar-refractivity contribution in [3.05, 3.63) is 41.5 Å². The van der Waals surface area contributed by atoms with E-state index in [1.165, 1.54) is 12.1 Å². The Morgan fingerprint density at radius 1 is 1.05 bits per heavy atom. The zero-order valence-electron chi connectivity index (χ0n) is 19.9. The highest BCUT2D eigenvalue weighted by Gasteiger charge is 2.50. The molecule has 2 saturated heterocycles. The molecule has 202 valence electrons. The molecule has 0 amide bonds. The lowest BCUT2D eigenvalue weighted by atomic mass is 9.77. The Hall–Kier alpha value is -2.53. The number of ether oxygens (including phenoxy) is 2. The molecule has 1 unspecified atom stereocenters. The molecular formula is C26H27F6NO4. The number of hydrogen-bond acceptors (Lipinski definition) is 4. The third-order valence-corrected chi connectivity index (χ3v) is 7.77. The van der Waals surface area contributed by atoms with Crippen LogP contribution in [0.15, 0.2) is 30.3 Å². The maximum absolute atomic E-state index is 14.1. The van der Waals surface area contributed by atoms with Gasteiger partial charge in [0.25, 0.3) is 0 Å². The second-order valence-electron chi connectivity index (χ2n) is 10.6. The Balaban J connectivity index is 1.29. The van der Waals surface area contributed by atoms with E-state index in [1.54, 1.807) is 18.2 Å². The van der Waals surface area contributed by atoms with E-state index in [4.69, 9.17) is 14.6 Å². The van der Waals surface area contributed by atoms with Crippen LogP contribution >= 0.6 is 0 Å². The van der Waals surface area contributed by atoms with Crippen LogP contribution in [-0.2, 0) is 22.3 Å². The Kier molecular flexibility index (Phi) is 6.59. The lowest BCUT2D eigenvalue weighted by Gasteiger charge is -2.47. The second kappa shape index (κ2) is 9.34. The number of benzene rings is 2. The van der Waals surface area contributed by atoms with E-state index in [1.807, 2.05) is 0 Å². The van der Waals surface area contributed by atoms with Crippen LogP contribution in [0.5, 0.6) is 5.75 Å². The predicted molar refractivity (Wildman–Crippen MR) is 121 cm³/mol. The summed E-state index contributed by atoms with van der Waals surface area (Å²) >= 11 is 0. The highest BCUT2D eigenvalue weighted by molar-refractivity contribution is 5.89. The molecular weight excluding hydrogens is 504 g/mol. The van der Waals surface area contributed by atoms with E-state index in [-0.39, 0.29) is 42.2 Å². The van der Waals surface area contributed by atoms with E-state index >= 15 is 0 Å². The van der Waals surface area contributed by atoms with Crippen molar-refractivity contribution < 1.29 is 45.7 Å². The molecule has 1 spiro atoms. The van der Waals surface area contributed by atoms with Crippen molar-refractivity contribution in [3.63, 3.8) is 0 Å². The van der Waals surface area contributed by atoms with Gasteiger partial charge in [0.05, 0.1) is 18.6 Å². The monoisotopic (exact) mass is 531 g/mol. The SMILES string of the molecule is O=C(O)C1CC2(CO1)CN(Cc1ccc3c(C(F)(F)F)c(O[C@H]4CC[C@@H](C(F)(F)F)CC4)ccc3c1)C2. The van der Waals surface area contributed by atoms with Crippen molar-refractivity contribution in [2.45, 2.75) is 63.2 Å². The number of nitrogens with zero attached hydrogens (tertiary/aromatic N) is 1. The topological polar surface area (TPSA) is 59.0 Å². The highest BCUT2D eigenvalue weighted by Crippen LogP contribution is 2.45. The van der Waals surface area contributed by atoms with Gasteiger partial charge >= 0.3 is 18.3 Å². The number of rotatable bonds is 5. The minimum absolute atomic E-state index is 0.0219. The quantitative estimate of drug-likeness (QED) is 0.478. The van der Waals surface area contributed by atoms with Crippen LogP contribution in [0.1, 0.15) is 43.2 Å². The van der Waals surface area contributed by atoms with Crippen LogP contribution in [0.3, 0.4) is 0 Å². The van der Waals surface area contributed by atoms with Gasteiger partial charge in [0.1, 0.15) is 11.3 Å². The normalized spacial score (nSPS) is 26.4. The molecule has 2 aromatic rings. The maximum atomic E-state index is 14.1. The average molecular weight is 531 g/mol. The number of carboxylic acids is 1. The van der Waals surface area contributed by atoms with Gasteiger partial charge in [-0.1, -0.05) is 18.2 Å². The third-order valence-electron chi connectivity index (χ3n) is 7.77. The summed E-state index contributed by atoms with van der Waals surface area (Å²) in [5, 5.41) is 9.50. The molecule has 1 aliphatic carbocycles. The van der Waals surface area contributed by atoms with Crippen molar-refractivity contribution in [2.75, 3.05) is 19.7 Å². The number of carbonyl (C=O) groups is 1. The first-order chi connectivity index (χ1) is 17.3. The summed E-state index contributed by atoms with van der Waals surface area (Å²) < 4.78 is 92.1. The summed E-state index contributed by atoms with van der Waals surface area (Å²) in [4.78, 5) is 13.2. The molecule has 11 heteroatoms. The van der Waals surface area contributed by atoms with Crippen molar-refractivity contribution in [1.82, 2.24) is 4.90 Å². The fourth-order valence-corrected chi connectivity index (χ4v) is 5.98. The largest absolute Gasteiger partial charge is 0.490 e. The van der Waals surface area contributed by atoms with Crippen molar-refractivity contribution in [2.24, 2.45) is 11.3 Å². The van der Waals surface area contributed by atoms with E-state index in [9.17, 15) is 31.1 Å². The number of hydrogen-bond donors (Lipinski definition) is 1. The molecule has 2 aliphatic heterocycles. The van der Waals surface area contributed by atoms with Crippen LogP contribution < -0.4 is 4.74 Å². The summed E-state index contributed by atoms with van der Waals surface area (Å²) in [6.45, 7) is 2.21. The molecule has 0 bridgehead atoms. The minimum Gasteiger partial charge on any atom is -0.490 e. The average Bonchev–Trinajstić information content (AvgIpc) is 3.24. The molecule has 2 heterocycles. The molecule has 1 atom stereocenters. The predicted octanol–water partition coefficient (Wildman–Crippen LogP) is 6.03.